The minimum atomic E-state index is -0.949. The number of esters is 1. The molecule has 0 radical (unpaired) electrons. The van der Waals surface area contributed by atoms with Crippen LogP contribution in [-0.2, 0) is 25.2 Å². The van der Waals surface area contributed by atoms with E-state index in [2.05, 4.69) is 147 Å². The van der Waals surface area contributed by atoms with Crippen LogP contribution in [0.5, 0.6) is 0 Å². The zero-order chi connectivity index (χ0) is 42.6. The number of hydrogen-bond acceptors (Lipinski definition) is 5. The number of aliphatic carboxylic acids is 1. The second kappa shape index (κ2) is 20.4. The van der Waals surface area contributed by atoms with Gasteiger partial charge in [0.25, 0.3) is 0 Å². The first kappa shape index (κ1) is 45.5. The van der Waals surface area contributed by atoms with E-state index >= 15 is 0 Å². The number of benzene rings is 4. The molecule has 0 atom stereocenters. The lowest BCUT2D eigenvalue weighted by atomic mass is 9.77. The summed E-state index contributed by atoms with van der Waals surface area (Å²) < 4.78 is 5.80. The number of anilines is 2. The van der Waals surface area contributed by atoms with E-state index in [1.807, 2.05) is 48.5 Å². The van der Waals surface area contributed by atoms with Gasteiger partial charge >= 0.3 is 11.9 Å². The molecule has 6 rings (SSSR count). The molecule has 302 valence electrons. The molecule has 0 saturated carbocycles. The van der Waals surface area contributed by atoms with Crippen molar-refractivity contribution in [3.05, 3.63) is 140 Å². The van der Waals surface area contributed by atoms with Gasteiger partial charge < -0.3 is 19.6 Å². The second-order valence-corrected chi connectivity index (χ2v) is 17.6. The molecule has 7 heteroatoms. The molecule has 0 bridgehead atoms. The normalized spacial score (nSPS) is 14.9. The van der Waals surface area contributed by atoms with Crippen LogP contribution in [0.4, 0.5) is 11.4 Å². The van der Waals surface area contributed by atoms with Gasteiger partial charge in [-0.15, -0.1) is 6.42 Å². The van der Waals surface area contributed by atoms with Crippen molar-refractivity contribution in [2.45, 2.75) is 91.1 Å². The number of carbonyl (C=O) groups excluding carboxylic acids is 1. The fourth-order valence-corrected chi connectivity index (χ4v) is 7.49. The highest BCUT2D eigenvalue weighted by atomic mass is 127. The zero-order valence-electron chi connectivity index (χ0n) is 35.4. The van der Waals surface area contributed by atoms with Crippen LogP contribution in [0.3, 0.4) is 0 Å². The molecular formula is C51H57IN2O4. The summed E-state index contributed by atoms with van der Waals surface area (Å²) in [4.78, 5) is 26.4. The van der Waals surface area contributed by atoms with Crippen molar-refractivity contribution in [2.24, 2.45) is 0 Å². The number of hydrogen-bond donors (Lipinski definition) is 1. The number of halogens is 1. The summed E-state index contributed by atoms with van der Waals surface area (Å²) in [5.41, 5.74) is 10.6. The Morgan fingerprint density at radius 2 is 1.16 bits per heavy atom. The Morgan fingerprint density at radius 3 is 1.64 bits per heavy atom. The maximum Gasteiger partial charge on any atom is 0.330 e. The highest BCUT2D eigenvalue weighted by Gasteiger charge is 2.33. The summed E-state index contributed by atoms with van der Waals surface area (Å²) in [6, 6.07) is 29.4. The first-order chi connectivity index (χ1) is 27.4. The lowest BCUT2D eigenvalue weighted by Crippen LogP contribution is -2.41. The number of ether oxygens (including phenoxy) is 1. The number of fused-ring (bicyclic) bond motifs is 2. The minimum absolute atomic E-state index is 0.149. The largest absolute Gasteiger partial charge is 0.478 e. The van der Waals surface area contributed by atoms with Gasteiger partial charge in [0.05, 0.1) is 7.11 Å². The van der Waals surface area contributed by atoms with E-state index in [4.69, 9.17) is 11.5 Å². The van der Waals surface area contributed by atoms with Crippen molar-refractivity contribution in [1.82, 2.24) is 0 Å². The molecule has 4 aromatic rings. The van der Waals surface area contributed by atoms with Crippen molar-refractivity contribution >= 4 is 58.1 Å². The molecule has 1 N–H and O–H groups in total. The predicted molar refractivity (Wildman–Crippen MR) is 250 cm³/mol. The third-order valence-electron chi connectivity index (χ3n) is 10.6. The molecule has 0 spiro atoms. The van der Waals surface area contributed by atoms with Crippen molar-refractivity contribution in [1.29, 1.82) is 0 Å². The van der Waals surface area contributed by atoms with Crippen molar-refractivity contribution in [2.75, 3.05) is 30.0 Å². The van der Waals surface area contributed by atoms with E-state index in [-0.39, 0.29) is 11.4 Å². The highest BCUT2D eigenvalue weighted by molar-refractivity contribution is 14.1. The van der Waals surface area contributed by atoms with Crippen LogP contribution in [0.25, 0.3) is 12.2 Å². The van der Waals surface area contributed by atoms with Gasteiger partial charge in [-0.1, -0.05) is 69.7 Å². The SMILES string of the molecule is C#Cc1ccc(/C=C/C(=O)OC)cc1.CC(C)N1CCC(C)(C)c2cc(C#Cc3ccc(/C=C/C(=O)O)cc3)ccc21.CC(C)N1CCC(C)(C)c2cc(I)ccc21. The summed E-state index contributed by atoms with van der Waals surface area (Å²) in [6.07, 6.45) is 13.3. The molecule has 58 heavy (non-hydrogen) atoms. The van der Waals surface area contributed by atoms with E-state index in [1.54, 1.807) is 12.2 Å². The number of methoxy groups -OCH3 is 1. The van der Waals surface area contributed by atoms with Gasteiger partial charge in [0.1, 0.15) is 0 Å². The van der Waals surface area contributed by atoms with Crippen LogP contribution in [0.1, 0.15) is 107 Å². The topological polar surface area (TPSA) is 70.1 Å². The average Bonchev–Trinajstić information content (AvgIpc) is 3.19. The van der Waals surface area contributed by atoms with Crippen LogP contribution in [-0.4, -0.2) is 49.3 Å². The Balaban J connectivity index is 0.000000210. The third-order valence-corrected chi connectivity index (χ3v) is 11.3. The number of carbonyl (C=O) groups is 2. The molecule has 0 aromatic heterocycles. The predicted octanol–water partition coefficient (Wildman–Crippen LogP) is 11.1. The lowest BCUT2D eigenvalue weighted by molar-refractivity contribution is -0.135. The fraction of sp³-hybridized carbons (Fsp3) is 0.333. The first-order valence-corrected chi connectivity index (χ1v) is 20.9. The van der Waals surface area contributed by atoms with Gasteiger partial charge in [-0.25, -0.2) is 9.59 Å². The summed E-state index contributed by atoms with van der Waals surface area (Å²) in [7, 11) is 1.34. The molecule has 0 fully saturated rings. The van der Waals surface area contributed by atoms with Gasteiger partial charge in [-0.3, -0.25) is 0 Å². The van der Waals surface area contributed by atoms with Gasteiger partial charge in [0.15, 0.2) is 0 Å². The molecule has 0 aliphatic carbocycles. The highest BCUT2D eigenvalue weighted by Crippen LogP contribution is 2.42. The minimum Gasteiger partial charge on any atom is -0.478 e. The quantitative estimate of drug-likeness (QED) is 0.0900. The van der Waals surface area contributed by atoms with Crippen molar-refractivity contribution in [3.63, 3.8) is 0 Å². The number of nitrogens with zero attached hydrogens (tertiary/aromatic N) is 2. The van der Waals surface area contributed by atoms with E-state index in [1.165, 1.54) is 52.2 Å². The summed E-state index contributed by atoms with van der Waals surface area (Å²) in [5, 5.41) is 8.70. The molecule has 2 aliphatic rings. The second-order valence-electron chi connectivity index (χ2n) is 16.4. The van der Waals surface area contributed by atoms with Crippen LogP contribution in [0, 0.1) is 27.8 Å². The summed E-state index contributed by atoms with van der Waals surface area (Å²) in [6.45, 7) is 20.6. The molecule has 0 unspecified atom stereocenters. The molecule has 6 nitrogen and oxygen atoms in total. The number of terminal acetylenes is 1. The molecule has 0 amide bonds. The van der Waals surface area contributed by atoms with Crippen LogP contribution in [0.2, 0.25) is 0 Å². The van der Waals surface area contributed by atoms with Gasteiger partial charge in [-0.05, 0) is 169 Å². The van der Waals surface area contributed by atoms with E-state index < -0.39 is 5.97 Å². The molecule has 0 saturated heterocycles. The van der Waals surface area contributed by atoms with Crippen molar-refractivity contribution in [3.8, 4) is 24.2 Å². The van der Waals surface area contributed by atoms with Gasteiger partial charge in [0, 0.05) is 69.0 Å². The maximum absolute atomic E-state index is 10.8. The van der Waals surface area contributed by atoms with Crippen LogP contribution in [0.15, 0.2) is 97.1 Å². The molecule has 2 heterocycles. The van der Waals surface area contributed by atoms with E-state index in [9.17, 15) is 9.59 Å². The summed E-state index contributed by atoms with van der Waals surface area (Å²) in [5.74, 6) is 7.70. The summed E-state index contributed by atoms with van der Waals surface area (Å²) >= 11 is 2.41. The zero-order valence-corrected chi connectivity index (χ0v) is 37.6. The van der Waals surface area contributed by atoms with Crippen molar-refractivity contribution < 1.29 is 19.4 Å². The van der Waals surface area contributed by atoms with Gasteiger partial charge in [0.2, 0.25) is 0 Å². The smallest absolute Gasteiger partial charge is 0.330 e. The number of carboxylic acid groups (broad SMARTS) is 1. The standard InChI is InChI=1S/C25H27NO2.C14H20IN.C12H10O2/c1-18(2)26-16-15-25(3,4)22-17-21(11-13-23(22)26)10-9-19-5-7-20(8-6-19)12-14-24(27)28;1-10(2)16-8-7-14(3,4)12-9-11(15)5-6-13(12)16;1-3-10-4-6-11(7-5-10)8-9-12(13)14-2/h5-8,11-14,17-18H,15-16H2,1-4H3,(H,27,28);5-6,9-10H,7-8H2,1-4H3;1,4-9H,2H3/b14-12+;;9-8+. The number of rotatable bonds is 6. The van der Waals surface area contributed by atoms with Crippen LogP contribution >= 0.6 is 22.6 Å². The monoisotopic (exact) mass is 888 g/mol. The van der Waals surface area contributed by atoms with Crippen LogP contribution < -0.4 is 9.80 Å². The fourth-order valence-electron chi connectivity index (χ4n) is 7.00. The third kappa shape index (κ3) is 12.6. The Kier molecular flexibility index (Phi) is 16.0. The Morgan fingerprint density at radius 1 is 0.707 bits per heavy atom. The Hall–Kier alpha value is -5.25. The Bertz CT molecular complexity index is 2210. The van der Waals surface area contributed by atoms with E-state index in [0.717, 1.165) is 46.9 Å². The number of carboxylic acids is 1. The first-order valence-electron chi connectivity index (χ1n) is 19.8. The van der Waals surface area contributed by atoms with E-state index in [0.29, 0.717) is 17.5 Å². The maximum atomic E-state index is 10.8. The molecular weight excluding hydrogens is 831 g/mol. The average molecular weight is 889 g/mol. The Labute approximate surface area is 360 Å². The molecule has 2 aliphatic heterocycles. The van der Waals surface area contributed by atoms with Gasteiger partial charge in [-0.2, -0.15) is 0 Å². The molecule has 4 aromatic carbocycles. The lowest BCUT2D eigenvalue weighted by Gasteiger charge is -2.42.